The number of rotatable bonds is 4. The smallest absolute Gasteiger partial charge is 0.339 e. The van der Waals surface area contributed by atoms with Gasteiger partial charge in [-0.15, -0.1) is 11.3 Å². The summed E-state index contributed by atoms with van der Waals surface area (Å²) in [6, 6.07) is 4.44. The molecular weight excluding hydrogens is 474 g/mol. The van der Waals surface area contributed by atoms with Crippen molar-refractivity contribution in [2.24, 2.45) is 0 Å². The van der Waals surface area contributed by atoms with Crippen LogP contribution in [0, 0.1) is 6.92 Å². The van der Waals surface area contributed by atoms with Gasteiger partial charge in [-0.3, -0.25) is 4.90 Å². The molecule has 0 radical (unpaired) electrons. The van der Waals surface area contributed by atoms with Crippen molar-refractivity contribution in [3.63, 3.8) is 0 Å². The number of pyridine rings is 1. The van der Waals surface area contributed by atoms with E-state index in [0.717, 1.165) is 11.3 Å². The van der Waals surface area contributed by atoms with Crippen LogP contribution in [0.25, 0.3) is 5.82 Å². The summed E-state index contributed by atoms with van der Waals surface area (Å²) in [5.74, 6) is -3.83. The number of halogens is 3. The van der Waals surface area contributed by atoms with Crippen LogP contribution in [0.15, 0.2) is 30.6 Å². The molecule has 0 atom stereocenters. The minimum atomic E-state index is -3.02. The van der Waals surface area contributed by atoms with E-state index in [0.29, 0.717) is 41.7 Å². The Bertz CT molecular complexity index is 1220. The third-order valence-electron chi connectivity index (χ3n) is 6.33. The highest BCUT2D eigenvalue weighted by Crippen LogP contribution is 2.52. The SMILES string of the molecule is Cc1nn(-c2ncccc2C(=O)O)cc1CN1CCC2(CC1)OCC(F)(F)c1cc(Cl)sc12. The van der Waals surface area contributed by atoms with E-state index < -0.39 is 24.1 Å². The fourth-order valence-corrected chi connectivity index (χ4v) is 6.01. The Morgan fingerprint density at radius 2 is 2.12 bits per heavy atom. The number of likely N-dealkylation sites (tertiary alicyclic amines) is 1. The van der Waals surface area contributed by atoms with E-state index in [2.05, 4.69) is 15.0 Å². The largest absolute Gasteiger partial charge is 0.478 e. The van der Waals surface area contributed by atoms with Gasteiger partial charge in [0.05, 0.1) is 10.0 Å². The summed E-state index contributed by atoms with van der Waals surface area (Å²) in [5.41, 5.74) is 1.07. The summed E-state index contributed by atoms with van der Waals surface area (Å²) in [7, 11) is 0. The van der Waals surface area contributed by atoms with Crippen LogP contribution in [0.3, 0.4) is 0 Å². The first-order valence-corrected chi connectivity index (χ1v) is 11.7. The molecule has 1 saturated heterocycles. The molecule has 2 aliphatic heterocycles. The lowest BCUT2D eigenvalue weighted by Crippen LogP contribution is -2.48. The zero-order valence-electron chi connectivity index (χ0n) is 17.7. The summed E-state index contributed by atoms with van der Waals surface area (Å²) < 4.78 is 36.3. The lowest BCUT2D eigenvalue weighted by Gasteiger charge is -2.45. The second-order valence-electron chi connectivity index (χ2n) is 8.42. The Kier molecular flexibility index (Phi) is 5.51. The molecule has 11 heteroatoms. The molecule has 5 heterocycles. The van der Waals surface area contributed by atoms with Gasteiger partial charge < -0.3 is 9.84 Å². The number of carboxylic acids is 1. The summed E-state index contributed by atoms with van der Waals surface area (Å²) in [5, 5.41) is 13.9. The van der Waals surface area contributed by atoms with E-state index >= 15 is 0 Å². The number of thiophene rings is 1. The van der Waals surface area contributed by atoms with E-state index in [1.807, 2.05) is 6.92 Å². The minimum Gasteiger partial charge on any atom is -0.478 e. The Labute approximate surface area is 197 Å². The number of aromatic carboxylic acids is 1. The summed E-state index contributed by atoms with van der Waals surface area (Å²) in [4.78, 5) is 18.5. The highest BCUT2D eigenvalue weighted by Gasteiger charge is 2.51. The maximum absolute atomic E-state index is 14.3. The van der Waals surface area contributed by atoms with Crippen molar-refractivity contribution < 1.29 is 23.4 Å². The Morgan fingerprint density at radius 1 is 1.36 bits per heavy atom. The van der Waals surface area contributed by atoms with Crippen LogP contribution < -0.4 is 0 Å². The van der Waals surface area contributed by atoms with Gasteiger partial charge in [0.25, 0.3) is 5.92 Å². The molecule has 1 fully saturated rings. The Hall–Kier alpha value is -2.40. The van der Waals surface area contributed by atoms with Crippen molar-refractivity contribution in [1.82, 2.24) is 19.7 Å². The fraction of sp³-hybridized carbons (Fsp3) is 0.409. The maximum Gasteiger partial charge on any atom is 0.339 e. The average Bonchev–Trinajstić information content (AvgIpc) is 3.37. The van der Waals surface area contributed by atoms with Crippen LogP contribution in [-0.4, -0.2) is 50.4 Å². The molecule has 1 spiro atoms. The number of hydrogen-bond donors (Lipinski definition) is 1. The van der Waals surface area contributed by atoms with Crippen LogP contribution in [0.1, 0.15) is 44.9 Å². The van der Waals surface area contributed by atoms with E-state index in [-0.39, 0.29) is 16.9 Å². The maximum atomic E-state index is 14.3. The highest BCUT2D eigenvalue weighted by molar-refractivity contribution is 7.16. The molecule has 1 N–H and O–H groups in total. The highest BCUT2D eigenvalue weighted by atomic mass is 35.5. The van der Waals surface area contributed by atoms with E-state index in [1.54, 1.807) is 12.3 Å². The number of carboxylic acid groups (broad SMARTS) is 1. The van der Waals surface area contributed by atoms with Crippen molar-refractivity contribution in [1.29, 1.82) is 0 Å². The molecule has 0 bridgehead atoms. The molecule has 0 aromatic carbocycles. The first-order valence-electron chi connectivity index (χ1n) is 10.5. The molecule has 0 aliphatic carbocycles. The van der Waals surface area contributed by atoms with Crippen molar-refractivity contribution >= 4 is 28.9 Å². The van der Waals surface area contributed by atoms with Crippen molar-refractivity contribution in [3.05, 3.63) is 62.2 Å². The Morgan fingerprint density at radius 3 is 2.85 bits per heavy atom. The van der Waals surface area contributed by atoms with E-state index in [9.17, 15) is 18.7 Å². The molecule has 174 valence electrons. The third kappa shape index (κ3) is 3.95. The van der Waals surface area contributed by atoms with E-state index in [1.165, 1.54) is 34.3 Å². The van der Waals surface area contributed by atoms with Crippen LogP contribution in [0.2, 0.25) is 4.34 Å². The number of alkyl halides is 2. The number of hydrogen-bond acceptors (Lipinski definition) is 6. The van der Waals surface area contributed by atoms with Crippen LogP contribution >= 0.6 is 22.9 Å². The van der Waals surface area contributed by atoms with Crippen LogP contribution in [-0.2, 0) is 22.8 Å². The predicted octanol–water partition coefficient (Wildman–Crippen LogP) is 4.60. The molecule has 33 heavy (non-hydrogen) atoms. The van der Waals surface area contributed by atoms with Crippen molar-refractivity contribution in [2.45, 2.75) is 37.8 Å². The van der Waals surface area contributed by atoms with Crippen molar-refractivity contribution in [3.8, 4) is 5.82 Å². The van der Waals surface area contributed by atoms with Gasteiger partial charge in [0.2, 0.25) is 0 Å². The molecule has 0 unspecified atom stereocenters. The molecule has 2 aliphatic rings. The third-order valence-corrected chi connectivity index (χ3v) is 7.78. The van der Waals surface area contributed by atoms with Gasteiger partial charge in [0, 0.05) is 48.0 Å². The van der Waals surface area contributed by atoms with Gasteiger partial charge in [-0.2, -0.15) is 13.9 Å². The van der Waals surface area contributed by atoms with Gasteiger partial charge in [0.1, 0.15) is 17.8 Å². The molecule has 7 nitrogen and oxygen atoms in total. The van der Waals surface area contributed by atoms with Gasteiger partial charge >= 0.3 is 5.97 Å². The molecule has 3 aromatic rings. The molecule has 0 saturated carbocycles. The number of nitrogens with zero attached hydrogens (tertiary/aromatic N) is 4. The van der Waals surface area contributed by atoms with Gasteiger partial charge in [-0.05, 0) is 38.0 Å². The Balaban J connectivity index is 1.33. The minimum absolute atomic E-state index is 0.00100. The first kappa shape index (κ1) is 22.4. The molecule has 5 rings (SSSR count). The van der Waals surface area contributed by atoms with E-state index in [4.69, 9.17) is 16.3 Å². The zero-order valence-corrected chi connectivity index (χ0v) is 19.3. The monoisotopic (exact) mass is 494 g/mol. The standard InChI is InChI=1S/C22H21ClF2N4O3S/c1-13-14(11-29(27-13)19-15(20(30)31)3-2-6-26-19)10-28-7-4-21(5-8-28)18-16(9-17(23)33-18)22(24,25)12-32-21/h2-3,6,9,11H,4-5,7-8,10,12H2,1H3,(H,30,31). The van der Waals surface area contributed by atoms with Crippen LogP contribution in [0.5, 0.6) is 0 Å². The first-order chi connectivity index (χ1) is 15.7. The summed E-state index contributed by atoms with van der Waals surface area (Å²) >= 11 is 7.27. The number of fused-ring (bicyclic) bond motifs is 2. The normalized spacial score (nSPS) is 19.5. The van der Waals surface area contributed by atoms with Gasteiger partial charge in [-0.1, -0.05) is 11.6 Å². The lowest BCUT2D eigenvalue weighted by atomic mass is 9.84. The lowest BCUT2D eigenvalue weighted by molar-refractivity contribution is -0.182. The average molecular weight is 495 g/mol. The zero-order chi connectivity index (χ0) is 23.4. The summed E-state index contributed by atoms with van der Waals surface area (Å²) in [6.07, 6.45) is 4.50. The number of aryl methyl sites for hydroxylation is 1. The van der Waals surface area contributed by atoms with Crippen LogP contribution in [0.4, 0.5) is 8.78 Å². The predicted molar refractivity (Wildman–Crippen MR) is 118 cm³/mol. The number of aromatic nitrogens is 3. The topological polar surface area (TPSA) is 80.5 Å². The van der Waals surface area contributed by atoms with Gasteiger partial charge in [-0.25, -0.2) is 14.5 Å². The number of carbonyl (C=O) groups is 1. The van der Waals surface area contributed by atoms with Gasteiger partial charge in [0.15, 0.2) is 5.82 Å². The second kappa shape index (κ2) is 8.12. The van der Waals surface area contributed by atoms with Crippen molar-refractivity contribution in [2.75, 3.05) is 19.7 Å². The molecular formula is C22H21ClF2N4O3S. The molecule has 0 amide bonds. The fourth-order valence-electron chi connectivity index (χ4n) is 4.53. The number of piperidine rings is 1. The quantitative estimate of drug-likeness (QED) is 0.571. The summed E-state index contributed by atoms with van der Waals surface area (Å²) in [6.45, 7) is 3.16. The number of ether oxygens (including phenoxy) is 1. The molecule has 3 aromatic heterocycles. The second-order valence-corrected chi connectivity index (χ2v) is 10.1.